The molecule has 0 atom stereocenters. The topological polar surface area (TPSA) is 78.7 Å². The summed E-state index contributed by atoms with van der Waals surface area (Å²) in [6.07, 6.45) is 4.66. The van der Waals surface area contributed by atoms with Gasteiger partial charge in [-0.3, -0.25) is 4.79 Å². The fourth-order valence-corrected chi connectivity index (χ4v) is 3.47. The minimum absolute atomic E-state index is 0. The van der Waals surface area contributed by atoms with Gasteiger partial charge >= 0.3 is 0 Å². The van der Waals surface area contributed by atoms with Crippen LogP contribution in [0, 0.1) is 0 Å². The monoisotopic (exact) mass is 475 g/mol. The van der Waals surface area contributed by atoms with Crippen molar-refractivity contribution in [2.75, 3.05) is 32.7 Å². The van der Waals surface area contributed by atoms with Crippen LogP contribution in [0.4, 0.5) is 0 Å². The van der Waals surface area contributed by atoms with Gasteiger partial charge in [0.2, 0.25) is 5.91 Å². The molecule has 26 heavy (non-hydrogen) atoms. The summed E-state index contributed by atoms with van der Waals surface area (Å²) in [7, 11) is 0. The quantitative estimate of drug-likeness (QED) is 0.405. The maximum absolute atomic E-state index is 11.5. The summed E-state index contributed by atoms with van der Waals surface area (Å²) in [5, 5.41) is 12.1. The molecule has 1 aromatic heterocycles. The molecule has 0 aliphatic carbocycles. The SMILES string of the molecule is CCNC(=NCc1nnc2n1CCCCC2)N1CCN(C(C)=O)CC1.I. The van der Waals surface area contributed by atoms with E-state index < -0.39 is 0 Å². The lowest BCUT2D eigenvalue weighted by Crippen LogP contribution is -2.53. The van der Waals surface area contributed by atoms with Gasteiger partial charge in [-0.05, 0) is 19.8 Å². The summed E-state index contributed by atoms with van der Waals surface area (Å²) in [5.41, 5.74) is 0. The van der Waals surface area contributed by atoms with Gasteiger partial charge in [-0.2, -0.15) is 0 Å². The molecule has 1 N–H and O–H groups in total. The van der Waals surface area contributed by atoms with Crippen molar-refractivity contribution < 1.29 is 4.79 Å². The molecule has 0 radical (unpaired) electrons. The minimum atomic E-state index is 0. The van der Waals surface area contributed by atoms with Crippen LogP contribution >= 0.6 is 24.0 Å². The number of rotatable bonds is 3. The summed E-state index contributed by atoms with van der Waals surface area (Å²) >= 11 is 0. The molecule has 0 saturated carbocycles. The molecule has 146 valence electrons. The molecule has 9 heteroatoms. The Labute approximate surface area is 172 Å². The predicted molar refractivity (Wildman–Crippen MR) is 112 cm³/mol. The predicted octanol–water partition coefficient (Wildman–Crippen LogP) is 1.25. The number of piperazine rings is 1. The molecule has 3 rings (SSSR count). The Hall–Kier alpha value is -1.39. The van der Waals surface area contributed by atoms with E-state index in [1.165, 1.54) is 19.3 Å². The third kappa shape index (κ3) is 5.08. The summed E-state index contributed by atoms with van der Waals surface area (Å²) < 4.78 is 2.24. The van der Waals surface area contributed by atoms with Crippen molar-refractivity contribution in [3.8, 4) is 0 Å². The van der Waals surface area contributed by atoms with Gasteiger partial charge in [-0.15, -0.1) is 34.2 Å². The molecule has 3 heterocycles. The first kappa shape index (κ1) is 20.9. The second kappa shape index (κ2) is 10.1. The first-order valence-corrected chi connectivity index (χ1v) is 9.38. The van der Waals surface area contributed by atoms with Crippen molar-refractivity contribution >= 4 is 35.8 Å². The average Bonchev–Trinajstić information content (AvgIpc) is 2.85. The number of halogens is 1. The van der Waals surface area contributed by atoms with Crippen molar-refractivity contribution in [2.45, 2.75) is 52.6 Å². The van der Waals surface area contributed by atoms with Crippen LogP contribution in [0.2, 0.25) is 0 Å². The van der Waals surface area contributed by atoms with Crippen LogP contribution in [0.25, 0.3) is 0 Å². The molecular formula is C17H30IN7O. The molecule has 1 aromatic rings. The van der Waals surface area contributed by atoms with E-state index >= 15 is 0 Å². The van der Waals surface area contributed by atoms with Crippen molar-refractivity contribution in [3.63, 3.8) is 0 Å². The molecule has 0 bridgehead atoms. The highest BCUT2D eigenvalue weighted by Gasteiger charge is 2.21. The number of hydrogen-bond acceptors (Lipinski definition) is 4. The second-order valence-corrected chi connectivity index (χ2v) is 6.66. The smallest absolute Gasteiger partial charge is 0.219 e. The molecule has 1 amide bonds. The normalized spacial score (nSPS) is 18.0. The first-order valence-electron chi connectivity index (χ1n) is 9.38. The standard InChI is InChI=1S/C17H29N7O.HI/c1-3-18-17(23-11-9-22(10-12-23)14(2)25)19-13-16-21-20-15-7-5-4-6-8-24(15)16;/h3-13H2,1-2H3,(H,18,19);1H. The number of carbonyl (C=O) groups excluding carboxylic acids is 1. The van der Waals surface area contributed by atoms with Gasteiger partial charge in [0.25, 0.3) is 0 Å². The minimum Gasteiger partial charge on any atom is -0.357 e. The number of carbonyl (C=O) groups is 1. The molecular weight excluding hydrogens is 445 g/mol. The summed E-state index contributed by atoms with van der Waals surface area (Å²) in [6, 6.07) is 0. The maximum Gasteiger partial charge on any atom is 0.219 e. The molecule has 2 aliphatic rings. The number of aromatic nitrogens is 3. The van der Waals surface area contributed by atoms with Crippen LogP contribution in [0.3, 0.4) is 0 Å². The van der Waals surface area contributed by atoms with Crippen LogP contribution < -0.4 is 5.32 Å². The summed E-state index contributed by atoms with van der Waals surface area (Å²) in [6.45, 7) is 9.19. The average molecular weight is 475 g/mol. The van der Waals surface area contributed by atoms with Gasteiger partial charge in [0.05, 0.1) is 0 Å². The number of fused-ring (bicyclic) bond motifs is 1. The highest BCUT2D eigenvalue weighted by atomic mass is 127. The summed E-state index contributed by atoms with van der Waals surface area (Å²) in [4.78, 5) is 20.4. The molecule has 1 saturated heterocycles. The van der Waals surface area contributed by atoms with Gasteiger partial charge < -0.3 is 19.7 Å². The molecule has 0 aromatic carbocycles. The van der Waals surface area contributed by atoms with Gasteiger partial charge in [-0.25, -0.2) is 4.99 Å². The fraction of sp³-hybridized carbons (Fsp3) is 0.765. The van der Waals surface area contributed by atoms with Crippen LogP contribution in [-0.2, 0) is 24.3 Å². The maximum atomic E-state index is 11.5. The van der Waals surface area contributed by atoms with Crippen molar-refractivity contribution in [2.24, 2.45) is 4.99 Å². The fourth-order valence-electron chi connectivity index (χ4n) is 3.47. The number of nitrogens with zero attached hydrogens (tertiary/aromatic N) is 6. The summed E-state index contributed by atoms with van der Waals surface area (Å²) in [5.74, 6) is 3.10. The first-order chi connectivity index (χ1) is 12.2. The number of amides is 1. The van der Waals surface area contributed by atoms with E-state index in [4.69, 9.17) is 4.99 Å². The third-order valence-electron chi connectivity index (χ3n) is 4.92. The molecule has 1 fully saturated rings. The zero-order valence-corrected chi connectivity index (χ0v) is 18.1. The zero-order valence-electron chi connectivity index (χ0n) is 15.8. The van der Waals surface area contributed by atoms with E-state index in [0.29, 0.717) is 6.54 Å². The van der Waals surface area contributed by atoms with E-state index in [1.54, 1.807) is 6.92 Å². The third-order valence-corrected chi connectivity index (χ3v) is 4.92. The molecule has 0 spiro atoms. The Morgan fingerprint density at radius 3 is 2.50 bits per heavy atom. The van der Waals surface area contributed by atoms with Gasteiger partial charge in [0.15, 0.2) is 11.8 Å². The van der Waals surface area contributed by atoms with Crippen molar-refractivity contribution in [1.29, 1.82) is 0 Å². The lowest BCUT2D eigenvalue weighted by Gasteiger charge is -2.36. The number of guanidine groups is 1. The van der Waals surface area contributed by atoms with E-state index in [2.05, 4.69) is 31.9 Å². The van der Waals surface area contributed by atoms with E-state index in [-0.39, 0.29) is 29.9 Å². The Bertz CT molecular complexity index is 623. The highest BCUT2D eigenvalue weighted by molar-refractivity contribution is 14.0. The van der Waals surface area contributed by atoms with Gasteiger partial charge in [0.1, 0.15) is 12.4 Å². The van der Waals surface area contributed by atoms with Crippen LogP contribution in [0.5, 0.6) is 0 Å². The molecule has 8 nitrogen and oxygen atoms in total. The molecule has 2 aliphatic heterocycles. The van der Waals surface area contributed by atoms with E-state index in [0.717, 1.165) is 63.3 Å². The Balaban J connectivity index is 0.00000243. The Morgan fingerprint density at radius 1 is 1.08 bits per heavy atom. The zero-order chi connectivity index (χ0) is 17.6. The lowest BCUT2D eigenvalue weighted by molar-refractivity contribution is -0.130. The number of aliphatic imine (C=N–C) groups is 1. The van der Waals surface area contributed by atoms with Crippen LogP contribution in [-0.4, -0.2) is 69.2 Å². The van der Waals surface area contributed by atoms with E-state index in [9.17, 15) is 4.79 Å². The van der Waals surface area contributed by atoms with Crippen molar-refractivity contribution in [1.82, 2.24) is 29.9 Å². The number of aryl methyl sites for hydroxylation is 1. The molecule has 0 unspecified atom stereocenters. The lowest BCUT2D eigenvalue weighted by atomic mass is 10.2. The van der Waals surface area contributed by atoms with Crippen LogP contribution in [0.15, 0.2) is 4.99 Å². The Morgan fingerprint density at radius 2 is 1.81 bits per heavy atom. The van der Waals surface area contributed by atoms with E-state index in [1.807, 2.05) is 4.90 Å². The van der Waals surface area contributed by atoms with Gasteiger partial charge in [0, 0.05) is 52.6 Å². The van der Waals surface area contributed by atoms with Crippen LogP contribution in [0.1, 0.15) is 44.8 Å². The van der Waals surface area contributed by atoms with Gasteiger partial charge in [-0.1, -0.05) is 6.42 Å². The largest absolute Gasteiger partial charge is 0.357 e. The highest BCUT2D eigenvalue weighted by Crippen LogP contribution is 2.15. The van der Waals surface area contributed by atoms with Crippen molar-refractivity contribution in [3.05, 3.63) is 11.6 Å². The second-order valence-electron chi connectivity index (χ2n) is 6.66. The number of hydrogen-bond donors (Lipinski definition) is 1. The Kier molecular flexibility index (Phi) is 8.11. The number of nitrogens with one attached hydrogen (secondary N) is 1.